The standard InChI is InChI=1S/C22H17FN2O/c23-19-11-7-17(8-12-19)10-14-22(26)25-21-6-3-4-18(16-21)9-13-20-5-1-2-15-24-20/h1-8,11-12,15-16H,10,14H2,(H,25,26). The number of hydrogen-bond donors (Lipinski definition) is 1. The van der Waals surface area contributed by atoms with E-state index in [9.17, 15) is 9.18 Å². The van der Waals surface area contributed by atoms with Gasteiger partial charge in [-0.2, -0.15) is 0 Å². The molecular formula is C22H17FN2O. The molecule has 0 unspecified atom stereocenters. The number of amides is 1. The molecule has 3 rings (SSSR count). The number of carbonyl (C=O) groups is 1. The van der Waals surface area contributed by atoms with Gasteiger partial charge in [0.1, 0.15) is 11.5 Å². The van der Waals surface area contributed by atoms with E-state index in [0.717, 1.165) is 11.1 Å². The fourth-order valence-corrected chi connectivity index (χ4v) is 2.38. The topological polar surface area (TPSA) is 42.0 Å². The number of carbonyl (C=O) groups excluding carboxylic acids is 1. The molecule has 0 saturated heterocycles. The van der Waals surface area contributed by atoms with E-state index in [0.29, 0.717) is 24.2 Å². The van der Waals surface area contributed by atoms with Crippen molar-refractivity contribution in [3.63, 3.8) is 0 Å². The molecule has 0 aliphatic rings. The maximum atomic E-state index is 12.9. The van der Waals surface area contributed by atoms with Gasteiger partial charge in [0.25, 0.3) is 0 Å². The van der Waals surface area contributed by atoms with Crippen molar-refractivity contribution in [1.82, 2.24) is 4.98 Å². The summed E-state index contributed by atoms with van der Waals surface area (Å²) in [5.41, 5.74) is 3.12. The van der Waals surface area contributed by atoms with Gasteiger partial charge in [-0.15, -0.1) is 0 Å². The quantitative estimate of drug-likeness (QED) is 0.721. The highest BCUT2D eigenvalue weighted by Gasteiger charge is 2.04. The summed E-state index contributed by atoms with van der Waals surface area (Å²) < 4.78 is 12.9. The van der Waals surface area contributed by atoms with E-state index in [4.69, 9.17) is 0 Å². The zero-order valence-electron chi connectivity index (χ0n) is 14.1. The van der Waals surface area contributed by atoms with Gasteiger partial charge in [0.15, 0.2) is 0 Å². The van der Waals surface area contributed by atoms with Crippen LogP contribution >= 0.6 is 0 Å². The summed E-state index contributed by atoms with van der Waals surface area (Å²) in [5, 5.41) is 2.87. The molecule has 1 heterocycles. The van der Waals surface area contributed by atoms with Gasteiger partial charge >= 0.3 is 0 Å². The number of benzene rings is 2. The highest BCUT2D eigenvalue weighted by atomic mass is 19.1. The number of pyridine rings is 1. The number of nitrogens with one attached hydrogen (secondary N) is 1. The van der Waals surface area contributed by atoms with Crippen LogP contribution in [-0.4, -0.2) is 10.9 Å². The Bertz CT molecular complexity index is 941. The monoisotopic (exact) mass is 344 g/mol. The van der Waals surface area contributed by atoms with Crippen molar-refractivity contribution in [2.24, 2.45) is 0 Å². The number of halogens is 1. The van der Waals surface area contributed by atoms with Crippen LogP contribution in [0.5, 0.6) is 0 Å². The highest BCUT2D eigenvalue weighted by Crippen LogP contribution is 2.12. The smallest absolute Gasteiger partial charge is 0.224 e. The van der Waals surface area contributed by atoms with Crippen LogP contribution in [0.4, 0.5) is 10.1 Å². The van der Waals surface area contributed by atoms with Crippen LogP contribution in [0.1, 0.15) is 23.2 Å². The molecule has 1 amide bonds. The van der Waals surface area contributed by atoms with Crippen LogP contribution in [0.3, 0.4) is 0 Å². The minimum absolute atomic E-state index is 0.0934. The number of nitrogens with zero attached hydrogens (tertiary/aromatic N) is 1. The zero-order chi connectivity index (χ0) is 18.2. The molecule has 0 aliphatic carbocycles. The highest BCUT2D eigenvalue weighted by molar-refractivity contribution is 5.91. The molecule has 3 nitrogen and oxygen atoms in total. The lowest BCUT2D eigenvalue weighted by molar-refractivity contribution is -0.116. The second kappa shape index (κ2) is 8.59. The first-order valence-electron chi connectivity index (χ1n) is 8.26. The van der Waals surface area contributed by atoms with Crippen molar-refractivity contribution in [2.75, 3.05) is 5.32 Å². The van der Waals surface area contributed by atoms with Gasteiger partial charge in [0.05, 0.1) is 0 Å². The molecule has 3 aromatic rings. The van der Waals surface area contributed by atoms with Crippen molar-refractivity contribution < 1.29 is 9.18 Å². The molecule has 26 heavy (non-hydrogen) atoms. The summed E-state index contributed by atoms with van der Waals surface area (Å²) in [5.74, 6) is 5.66. The zero-order valence-corrected chi connectivity index (χ0v) is 14.1. The molecule has 0 bridgehead atoms. The van der Waals surface area contributed by atoms with Gasteiger partial charge in [0.2, 0.25) is 5.91 Å². The minimum Gasteiger partial charge on any atom is -0.326 e. The fourth-order valence-electron chi connectivity index (χ4n) is 2.38. The van der Waals surface area contributed by atoms with Crippen molar-refractivity contribution in [3.05, 3.63) is 95.6 Å². The SMILES string of the molecule is O=C(CCc1ccc(F)cc1)Nc1cccc(C#Cc2ccccn2)c1. The van der Waals surface area contributed by atoms with E-state index in [1.807, 2.05) is 42.5 Å². The summed E-state index contributed by atoms with van der Waals surface area (Å²) >= 11 is 0. The average Bonchev–Trinajstić information content (AvgIpc) is 2.67. The van der Waals surface area contributed by atoms with E-state index in [1.54, 1.807) is 18.3 Å². The van der Waals surface area contributed by atoms with Crippen molar-refractivity contribution in [2.45, 2.75) is 12.8 Å². The van der Waals surface area contributed by atoms with Crippen LogP contribution < -0.4 is 5.32 Å². The van der Waals surface area contributed by atoms with E-state index in [-0.39, 0.29) is 11.7 Å². The van der Waals surface area contributed by atoms with Crippen molar-refractivity contribution in [3.8, 4) is 11.8 Å². The third-order valence-corrected chi connectivity index (χ3v) is 3.70. The second-order valence-corrected chi connectivity index (χ2v) is 5.72. The van der Waals surface area contributed by atoms with Crippen molar-refractivity contribution in [1.29, 1.82) is 0 Å². The Kier molecular flexibility index (Phi) is 5.74. The summed E-state index contributed by atoms with van der Waals surface area (Å²) in [6.45, 7) is 0. The van der Waals surface area contributed by atoms with Crippen LogP contribution in [0.15, 0.2) is 72.9 Å². The Morgan fingerprint density at radius 2 is 1.85 bits per heavy atom. The second-order valence-electron chi connectivity index (χ2n) is 5.72. The number of hydrogen-bond acceptors (Lipinski definition) is 2. The Balaban J connectivity index is 1.58. The fraction of sp³-hybridized carbons (Fsp3) is 0.0909. The van der Waals surface area contributed by atoms with E-state index >= 15 is 0 Å². The Hall–Kier alpha value is -3.45. The number of aromatic nitrogens is 1. The summed E-state index contributed by atoms with van der Waals surface area (Å²) in [6, 6.07) is 19.1. The molecule has 0 aliphatic heterocycles. The molecule has 0 spiro atoms. The number of anilines is 1. The van der Waals surface area contributed by atoms with Crippen LogP contribution in [0, 0.1) is 17.7 Å². The molecule has 1 aromatic heterocycles. The Morgan fingerprint density at radius 3 is 2.62 bits per heavy atom. The minimum atomic E-state index is -0.276. The van der Waals surface area contributed by atoms with Crippen LogP contribution in [-0.2, 0) is 11.2 Å². The van der Waals surface area contributed by atoms with Gasteiger partial charge in [-0.3, -0.25) is 4.79 Å². The van der Waals surface area contributed by atoms with E-state index in [1.165, 1.54) is 12.1 Å². The molecule has 0 atom stereocenters. The lowest BCUT2D eigenvalue weighted by Gasteiger charge is -2.06. The molecule has 4 heteroatoms. The summed E-state index contributed by atoms with van der Waals surface area (Å²) in [4.78, 5) is 16.3. The molecule has 1 N–H and O–H groups in total. The van der Waals surface area contributed by atoms with E-state index in [2.05, 4.69) is 22.1 Å². The number of rotatable bonds is 4. The molecule has 0 fully saturated rings. The summed E-state index contributed by atoms with van der Waals surface area (Å²) in [7, 11) is 0. The van der Waals surface area contributed by atoms with Gasteiger partial charge in [-0.05, 0) is 60.4 Å². The third kappa shape index (κ3) is 5.29. The Morgan fingerprint density at radius 1 is 1.00 bits per heavy atom. The number of aryl methyl sites for hydroxylation is 1. The molecule has 128 valence electrons. The average molecular weight is 344 g/mol. The lowest BCUT2D eigenvalue weighted by atomic mass is 10.1. The first-order chi connectivity index (χ1) is 12.7. The first-order valence-corrected chi connectivity index (χ1v) is 8.26. The molecule has 0 radical (unpaired) electrons. The maximum absolute atomic E-state index is 12.9. The molecule has 0 saturated carbocycles. The predicted molar refractivity (Wildman–Crippen MR) is 100 cm³/mol. The van der Waals surface area contributed by atoms with E-state index < -0.39 is 0 Å². The first kappa shape index (κ1) is 17.4. The normalized spacial score (nSPS) is 9.88. The predicted octanol–water partition coefficient (Wildman–Crippen LogP) is 4.19. The van der Waals surface area contributed by atoms with Gasteiger partial charge in [-0.1, -0.05) is 30.2 Å². The molecular weight excluding hydrogens is 327 g/mol. The van der Waals surface area contributed by atoms with Gasteiger partial charge < -0.3 is 5.32 Å². The van der Waals surface area contributed by atoms with Crippen LogP contribution in [0.25, 0.3) is 0 Å². The summed E-state index contributed by atoms with van der Waals surface area (Å²) in [6.07, 6.45) is 2.59. The van der Waals surface area contributed by atoms with Crippen LogP contribution in [0.2, 0.25) is 0 Å². The van der Waals surface area contributed by atoms with Crippen molar-refractivity contribution >= 4 is 11.6 Å². The third-order valence-electron chi connectivity index (χ3n) is 3.70. The maximum Gasteiger partial charge on any atom is 0.224 e. The van der Waals surface area contributed by atoms with Gasteiger partial charge in [-0.25, -0.2) is 9.37 Å². The van der Waals surface area contributed by atoms with Gasteiger partial charge in [0, 0.05) is 23.9 Å². The molecule has 2 aromatic carbocycles. The largest absolute Gasteiger partial charge is 0.326 e. The lowest BCUT2D eigenvalue weighted by Crippen LogP contribution is -2.12. The Labute approximate surface area is 151 Å².